The lowest BCUT2D eigenvalue weighted by Crippen LogP contribution is -2.35. The van der Waals surface area contributed by atoms with Crippen LogP contribution in [-0.2, 0) is 4.79 Å². The maximum atomic E-state index is 11.7. The molecule has 0 bridgehead atoms. The number of anilines is 3. The average Bonchev–Trinajstić information content (AvgIpc) is 2.95. The minimum absolute atomic E-state index is 0.361. The Hall–Kier alpha value is -2.61. The van der Waals surface area contributed by atoms with Crippen LogP contribution in [0.5, 0.6) is 0 Å². The summed E-state index contributed by atoms with van der Waals surface area (Å²) in [5, 5.41) is 7.12. The molecule has 1 aromatic heterocycles. The molecule has 8 heteroatoms. The van der Waals surface area contributed by atoms with E-state index in [4.69, 9.17) is 11.5 Å². The number of hydrogen-bond donors (Lipinski definition) is 4. The summed E-state index contributed by atoms with van der Waals surface area (Å²) in [6.07, 6.45) is 1.52. The standard InChI is InChI=1S/C18H25N5O2S/c1-10(2)4-7-14(18(20)25)21-12-5-6-13(17(19)24)15(9-12)22-16-8-11(3)23-26-16/h5-6,8-10,14,21-22H,4,7H2,1-3H3,(H2,19,24)(H2,20,25)/t14-/m1/s1. The van der Waals surface area contributed by atoms with Crippen molar-refractivity contribution in [2.75, 3.05) is 10.6 Å². The summed E-state index contributed by atoms with van der Waals surface area (Å²) in [5.74, 6) is -0.466. The predicted molar refractivity (Wildman–Crippen MR) is 106 cm³/mol. The number of hydrogen-bond acceptors (Lipinski definition) is 6. The number of carbonyl (C=O) groups excluding carboxylic acids is 2. The first kappa shape index (κ1) is 19.7. The van der Waals surface area contributed by atoms with Gasteiger partial charge in [0.15, 0.2) is 0 Å². The zero-order valence-electron chi connectivity index (χ0n) is 15.2. The lowest BCUT2D eigenvalue weighted by atomic mass is 10.0. The van der Waals surface area contributed by atoms with Gasteiger partial charge in [-0.25, -0.2) is 0 Å². The fourth-order valence-corrected chi connectivity index (χ4v) is 3.17. The van der Waals surface area contributed by atoms with Crippen LogP contribution < -0.4 is 22.1 Å². The van der Waals surface area contributed by atoms with Gasteiger partial charge in [-0.3, -0.25) is 9.59 Å². The molecule has 0 saturated carbocycles. The fraction of sp³-hybridized carbons (Fsp3) is 0.389. The Morgan fingerprint density at radius 1 is 1.19 bits per heavy atom. The molecule has 2 aromatic rings. The summed E-state index contributed by atoms with van der Waals surface area (Å²) in [5.41, 5.74) is 13.5. The summed E-state index contributed by atoms with van der Waals surface area (Å²) < 4.78 is 4.21. The smallest absolute Gasteiger partial charge is 0.250 e. The minimum Gasteiger partial charge on any atom is -0.374 e. The first-order valence-corrected chi connectivity index (χ1v) is 9.23. The molecule has 1 atom stereocenters. The van der Waals surface area contributed by atoms with E-state index in [9.17, 15) is 9.59 Å². The van der Waals surface area contributed by atoms with E-state index in [2.05, 4.69) is 28.9 Å². The second-order valence-corrected chi connectivity index (χ2v) is 7.46. The van der Waals surface area contributed by atoms with Crippen molar-refractivity contribution < 1.29 is 9.59 Å². The molecule has 1 heterocycles. The number of aromatic nitrogens is 1. The summed E-state index contributed by atoms with van der Waals surface area (Å²) in [6.45, 7) is 6.08. The highest BCUT2D eigenvalue weighted by atomic mass is 32.1. The number of primary amides is 2. The van der Waals surface area contributed by atoms with Gasteiger partial charge < -0.3 is 22.1 Å². The highest BCUT2D eigenvalue weighted by molar-refractivity contribution is 7.10. The van der Waals surface area contributed by atoms with Gasteiger partial charge in [-0.2, -0.15) is 4.37 Å². The molecule has 0 aliphatic carbocycles. The van der Waals surface area contributed by atoms with E-state index in [1.807, 2.05) is 13.0 Å². The fourth-order valence-electron chi connectivity index (χ4n) is 2.49. The quantitative estimate of drug-likeness (QED) is 0.536. The van der Waals surface area contributed by atoms with Crippen LogP contribution in [0.1, 0.15) is 42.7 Å². The van der Waals surface area contributed by atoms with Crippen LogP contribution in [0.25, 0.3) is 0 Å². The van der Waals surface area contributed by atoms with E-state index in [0.29, 0.717) is 29.3 Å². The number of carbonyl (C=O) groups is 2. The molecule has 0 aliphatic heterocycles. The van der Waals surface area contributed by atoms with E-state index in [1.54, 1.807) is 18.2 Å². The molecule has 7 nitrogen and oxygen atoms in total. The van der Waals surface area contributed by atoms with Crippen molar-refractivity contribution in [3.05, 3.63) is 35.5 Å². The van der Waals surface area contributed by atoms with Crippen molar-refractivity contribution in [2.24, 2.45) is 17.4 Å². The number of amides is 2. The number of nitrogens with two attached hydrogens (primary N) is 2. The van der Waals surface area contributed by atoms with E-state index in [1.165, 1.54) is 11.5 Å². The molecule has 6 N–H and O–H groups in total. The van der Waals surface area contributed by atoms with Crippen molar-refractivity contribution in [3.63, 3.8) is 0 Å². The van der Waals surface area contributed by atoms with Gasteiger partial charge in [-0.05, 0) is 61.5 Å². The van der Waals surface area contributed by atoms with Crippen molar-refractivity contribution in [1.82, 2.24) is 4.37 Å². The molecule has 2 amide bonds. The monoisotopic (exact) mass is 375 g/mol. The Kier molecular flexibility index (Phi) is 6.57. The summed E-state index contributed by atoms with van der Waals surface area (Å²) >= 11 is 1.29. The second kappa shape index (κ2) is 8.66. The third kappa shape index (κ3) is 5.45. The van der Waals surface area contributed by atoms with Crippen LogP contribution in [0.15, 0.2) is 24.3 Å². The van der Waals surface area contributed by atoms with Crippen LogP contribution >= 0.6 is 11.5 Å². The molecule has 0 spiro atoms. The van der Waals surface area contributed by atoms with Gasteiger partial charge in [0.1, 0.15) is 11.0 Å². The largest absolute Gasteiger partial charge is 0.374 e. The molecule has 26 heavy (non-hydrogen) atoms. The van der Waals surface area contributed by atoms with Crippen LogP contribution in [0.2, 0.25) is 0 Å². The third-order valence-electron chi connectivity index (χ3n) is 3.89. The molecule has 140 valence electrons. The lowest BCUT2D eigenvalue weighted by molar-refractivity contribution is -0.118. The van der Waals surface area contributed by atoms with E-state index >= 15 is 0 Å². The number of rotatable bonds is 9. The SMILES string of the molecule is Cc1cc(Nc2cc(N[C@H](CCC(C)C)C(N)=O)ccc2C(N)=O)sn1. The molecular formula is C18H25N5O2S. The number of nitrogens with one attached hydrogen (secondary N) is 2. The highest BCUT2D eigenvalue weighted by Crippen LogP contribution is 2.28. The predicted octanol–water partition coefficient (Wildman–Crippen LogP) is 3.00. The molecule has 1 aromatic carbocycles. The number of benzene rings is 1. The minimum atomic E-state index is -0.536. The van der Waals surface area contributed by atoms with E-state index < -0.39 is 17.9 Å². The number of nitrogens with zero attached hydrogens (tertiary/aromatic N) is 1. The lowest BCUT2D eigenvalue weighted by Gasteiger charge is -2.19. The Balaban J connectivity index is 2.24. The van der Waals surface area contributed by atoms with Crippen LogP contribution in [0, 0.1) is 12.8 Å². The van der Waals surface area contributed by atoms with Crippen molar-refractivity contribution in [1.29, 1.82) is 0 Å². The van der Waals surface area contributed by atoms with Gasteiger partial charge in [0.25, 0.3) is 5.91 Å². The number of aryl methyl sites for hydroxylation is 1. The molecular weight excluding hydrogens is 350 g/mol. The topological polar surface area (TPSA) is 123 Å². The Labute approximate surface area is 157 Å². The van der Waals surface area contributed by atoms with Gasteiger partial charge in [-0.15, -0.1) is 0 Å². The molecule has 0 unspecified atom stereocenters. The highest BCUT2D eigenvalue weighted by Gasteiger charge is 2.17. The Morgan fingerprint density at radius 2 is 1.92 bits per heavy atom. The molecule has 0 saturated heterocycles. The first-order valence-electron chi connectivity index (χ1n) is 8.46. The van der Waals surface area contributed by atoms with Crippen molar-refractivity contribution >= 4 is 39.7 Å². The molecule has 0 aliphatic rings. The maximum absolute atomic E-state index is 11.7. The molecule has 0 radical (unpaired) electrons. The van der Waals surface area contributed by atoms with Crippen LogP contribution in [0.4, 0.5) is 16.4 Å². The maximum Gasteiger partial charge on any atom is 0.250 e. The average molecular weight is 375 g/mol. The van der Waals surface area contributed by atoms with Crippen molar-refractivity contribution in [2.45, 2.75) is 39.7 Å². The summed E-state index contributed by atoms with van der Waals surface area (Å²) in [6, 6.07) is 6.50. The summed E-state index contributed by atoms with van der Waals surface area (Å²) in [4.78, 5) is 23.4. The van der Waals surface area contributed by atoms with Gasteiger partial charge in [0.05, 0.1) is 16.9 Å². The zero-order chi connectivity index (χ0) is 19.3. The first-order chi connectivity index (χ1) is 12.3. The second-order valence-electron chi connectivity index (χ2n) is 6.65. The van der Waals surface area contributed by atoms with E-state index in [0.717, 1.165) is 17.1 Å². The van der Waals surface area contributed by atoms with Gasteiger partial charge >= 0.3 is 0 Å². The van der Waals surface area contributed by atoms with E-state index in [-0.39, 0.29) is 0 Å². The third-order valence-corrected chi connectivity index (χ3v) is 4.68. The Morgan fingerprint density at radius 3 is 2.46 bits per heavy atom. The van der Waals surface area contributed by atoms with Gasteiger partial charge in [0.2, 0.25) is 5.91 Å². The van der Waals surface area contributed by atoms with Crippen LogP contribution in [0.3, 0.4) is 0 Å². The summed E-state index contributed by atoms with van der Waals surface area (Å²) in [7, 11) is 0. The van der Waals surface area contributed by atoms with Crippen LogP contribution in [-0.4, -0.2) is 22.2 Å². The molecule has 2 rings (SSSR count). The normalized spacial score (nSPS) is 12.0. The Bertz CT molecular complexity index is 788. The zero-order valence-corrected chi connectivity index (χ0v) is 16.0. The van der Waals surface area contributed by atoms with Crippen molar-refractivity contribution in [3.8, 4) is 0 Å². The van der Waals surface area contributed by atoms with Gasteiger partial charge in [-0.1, -0.05) is 13.8 Å². The van der Waals surface area contributed by atoms with Gasteiger partial charge in [0, 0.05) is 5.69 Å². The molecule has 0 fully saturated rings.